The molecule has 0 atom stereocenters. The number of Topliss-reactive ketones (excluding diaryl/α,β-unsaturated/α-hetero) is 1. The first kappa shape index (κ1) is 11.6. The summed E-state index contributed by atoms with van der Waals surface area (Å²) in [6, 6.07) is 2.65. The Morgan fingerprint density at radius 1 is 1.40 bits per heavy atom. The van der Waals surface area contributed by atoms with Crippen LogP contribution in [0, 0.1) is 6.92 Å². The lowest BCUT2D eigenvalue weighted by Gasteiger charge is -2.11. The molecule has 0 amide bonds. The molecular weight excluding hydrogens is 202 g/mol. The van der Waals surface area contributed by atoms with Gasteiger partial charge in [0.2, 0.25) is 0 Å². The van der Waals surface area contributed by atoms with Crippen molar-refractivity contribution in [2.45, 2.75) is 20.3 Å². The summed E-state index contributed by atoms with van der Waals surface area (Å²) < 4.78 is 30.0. The van der Waals surface area contributed by atoms with Gasteiger partial charge >= 0.3 is 0 Å². The van der Waals surface area contributed by atoms with Crippen LogP contribution in [0.5, 0.6) is 5.75 Å². The van der Waals surface area contributed by atoms with E-state index in [1.54, 1.807) is 6.92 Å². The van der Waals surface area contributed by atoms with Crippen molar-refractivity contribution in [3.8, 4) is 5.75 Å². The smallest absolute Gasteiger partial charge is 0.264 e. The fraction of sp³-hybridized carbons (Fsp3) is 0.364. The molecule has 0 unspecified atom stereocenters. The molecule has 0 aliphatic rings. The molecule has 0 fully saturated rings. The lowest BCUT2D eigenvalue weighted by molar-refractivity contribution is 0.101. The van der Waals surface area contributed by atoms with Gasteiger partial charge in [0.1, 0.15) is 5.75 Å². The van der Waals surface area contributed by atoms with Gasteiger partial charge in [-0.1, -0.05) is 0 Å². The number of benzene rings is 1. The molecule has 15 heavy (non-hydrogen) atoms. The maximum atomic E-state index is 12.5. The highest BCUT2D eigenvalue weighted by molar-refractivity contribution is 5.97. The SMILES string of the molecule is COc1cc(C(F)F)c(C)cc1C(C)=O. The zero-order valence-corrected chi connectivity index (χ0v) is 8.80. The Kier molecular flexibility index (Phi) is 3.39. The Labute approximate surface area is 86.9 Å². The largest absolute Gasteiger partial charge is 0.496 e. The molecule has 1 aromatic rings. The summed E-state index contributed by atoms with van der Waals surface area (Å²) in [4.78, 5) is 11.2. The predicted molar refractivity (Wildman–Crippen MR) is 52.7 cm³/mol. The van der Waals surface area contributed by atoms with Crippen LogP contribution in [-0.2, 0) is 0 Å². The first-order valence-corrected chi connectivity index (χ1v) is 4.45. The molecule has 0 bridgehead atoms. The minimum absolute atomic E-state index is 0.100. The van der Waals surface area contributed by atoms with Gasteiger partial charge < -0.3 is 4.74 Å². The molecule has 0 radical (unpaired) electrons. The molecule has 0 spiro atoms. The van der Waals surface area contributed by atoms with E-state index in [0.29, 0.717) is 11.1 Å². The van der Waals surface area contributed by atoms with E-state index in [1.165, 1.54) is 26.2 Å². The number of aryl methyl sites for hydroxylation is 1. The number of alkyl halides is 2. The standard InChI is InChI=1S/C11H12F2O2/c1-6-4-9(7(2)14)10(15-3)5-8(6)11(12)13/h4-5,11H,1-3H3. The second kappa shape index (κ2) is 4.38. The van der Waals surface area contributed by atoms with Gasteiger partial charge in [-0.3, -0.25) is 4.79 Å². The van der Waals surface area contributed by atoms with Crippen molar-refractivity contribution in [1.82, 2.24) is 0 Å². The van der Waals surface area contributed by atoms with Gasteiger partial charge in [0, 0.05) is 5.56 Å². The zero-order chi connectivity index (χ0) is 11.6. The number of methoxy groups -OCH3 is 1. The molecule has 1 rings (SSSR count). The number of hydrogen-bond acceptors (Lipinski definition) is 2. The highest BCUT2D eigenvalue weighted by Gasteiger charge is 2.16. The van der Waals surface area contributed by atoms with Crippen LogP contribution in [0.4, 0.5) is 8.78 Å². The van der Waals surface area contributed by atoms with Crippen molar-refractivity contribution in [3.63, 3.8) is 0 Å². The van der Waals surface area contributed by atoms with Crippen LogP contribution in [0.2, 0.25) is 0 Å². The number of rotatable bonds is 3. The maximum Gasteiger partial charge on any atom is 0.264 e. The van der Waals surface area contributed by atoms with E-state index in [-0.39, 0.29) is 17.1 Å². The number of hydrogen-bond donors (Lipinski definition) is 0. The molecule has 82 valence electrons. The fourth-order valence-corrected chi connectivity index (χ4v) is 1.38. The van der Waals surface area contributed by atoms with Crippen molar-refractivity contribution in [2.75, 3.05) is 7.11 Å². The van der Waals surface area contributed by atoms with Gasteiger partial charge in [-0.2, -0.15) is 0 Å². The van der Waals surface area contributed by atoms with Gasteiger partial charge in [-0.05, 0) is 31.5 Å². The highest BCUT2D eigenvalue weighted by atomic mass is 19.3. The molecule has 0 aliphatic heterocycles. The molecule has 0 aliphatic carbocycles. The zero-order valence-electron chi connectivity index (χ0n) is 8.80. The van der Waals surface area contributed by atoms with E-state index < -0.39 is 6.43 Å². The van der Waals surface area contributed by atoms with Gasteiger partial charge in [-0.25, -0.2) is 8.78 Å². The molecule has 4 heteroatoms. The van der Waals surface area contributed by atoms with Crippen molar-refractivity contribution < 1.29 is 18.3 Å². The average molecular weight is 214 g/mol. The summed E-state index contributed by atoms with van der Waals surface area (Å²) in [7, 11) is 1.35. The number of ether oxygens (including phenoxy) is 1. The van der Waals surface area contributed by atoms with Crippen molar-refractivity contribution in [2.24, 2.45) is 0 Å². The van der Waals surface area contributed by atoms with E-state index in [0.717, 1.165) is 0 Å². The van der Waals surface area contributed by atoms with E-state index in [1.807, 2.05) is 0 Å². The molecular formula is C11H12F2O2. The van der Waals surface area contributed by atoms with Crippen molar-refractivity contribution in [3.05, 3.63) is 28.8 Å². The van der Waals surface area contributed by atoms with E-state index >= 15 is 0 Å². The molecule has 0 N–H and O–H groups in total. The lowest BCUT2D eigenvalue weighted by Crippen LogP contribution is -2.01. The monoisotopic (exact) mass is 214 g/mol. The summed E-state index contributed by atoms with van der Waals surface area (Å²) >= 11 is 0. The van der Waals surface area contributed by atoms with Crippen LogP contribution in [0.25, 0.3) is 0 Å². The Balaban J connectivity index is 3.35. The topological polar surface area (TPSA) is 26.3 Å². The second-order valence-electron chi connectivity index (χ2n) is 3.27. The molecule has 2 nitrogen and oxygen atoms in total. The van der Waals surface area contributed by atoms with Crippen molar-refractivity contribution >= 4 is 5.78 Å². The number of carbonyl (C=O) groups is 1. The predicted octanol–water partition coefficient (Wildman–Crippen LogP) is 3.14. The van der Waals surface area contributed by atoms with Crippen LogP contribution in [0.15, 0.2) is 12.1 Å². The Morgan fingerprint density at radius 2 is 2.00 bits per heavy atom. The first-order chi connectivity index (χ1) is 6.97. The first-order valence-electron chi connectivity index (χ1n) is 4.45. The van der Waals surface area contributed by atoms with E-state index in [9.17, 15) is 13.6 Å². The van der Waals surface area contributed by atoms with Crippen molar-refractivity contribution in [1.29, 1.82) is 0 Å². The number of carbonyl (C=O) groups excluding carboxylic acids is 1. The summed E-state index contributed by atoms with van der Waals surface area (Å²) in [6.07, 6.45) is -2.56. The normalized spacial score (nSPS) is 10.5. The van der Waals surface area contributed by atoms with Crippen LogP contribution < -0.4 is 4.74 Å². The van der Waals surface area contributed by atoms with Gasteiger partial charge in [0.05, 0.1) is 12.7 Å². The third-order valence-corrected chi connectivity index (χ3v) is 2.20. The minimum Gasteiger partial charge on any atom is -0.496 e. The third kappa shape index (κ3) is 2.32. The van der Waals surface area contributed by atoms with Gasteiger partial charge in [-0.15, -0.1) is 0 Å². The van der Waals surface area contributed by atoms with Crippen LogP contribution in [0.1, 0.15) is 34.8 Å². The molecule has 0 saturated carbocycles. The molecule has 1 aromatic carbocycles. The lowest BCUT2D eigenvalue weighted by atomic mass is 10.0. The summed E-state index contributed by atoms with van der Waals surface area (Å²) in [5.74, 6) is -0.000772. The van der Waals surface area contributed by atoms with Crippen LogP contribution in [0.3, 0.4) is 0 Å². The van der Waals surface area contributed by atoms with Crippen LogP contribution in [-0.4, -0.2) is 12.9 Å². The Hall–Kier alpha value is -1.45. The van der Waals surface area contributed by atoms with Crippen LogP contribution >= 0.6 is 0 Å². The quantitative estimate of drug-likeness (QED) is 0.722. The van der Waals surface area contributed by atoms with E-state index in [2.05, 4.69) is 0 Å². The Bertz CT molecular complexity index is 386. The maximum absolute atomic E-state index is 12.5. The molecule has 0 saturated heterocycles. The summed E-state index contributed by atoms with van der Waals surface area (Å²) in [5, 5.41) is 0. The minimum atomic E-state index is -2.56. The highest BCUT2D eigenvalue weighted by Crippen LogP contribution is 2.30. The summed E-state index contributed by atoms with van der Waals surface area (Å²) in [6.45, 7) is 2.92. The number of halogens is 2. The van der Waals surface area contributed by atoms with E-state index in [4.69, 9.17) is 4.74 Å². The molecule has 0 aromatic heterocycles. The third-order valence-electron chi connectivity index (χ3n) is 2.20. The summed E-state index contributed by atoms with van der Waals surface area (Å²) in [5.41, 5.74) is 0.632. The Morgan fingerprint density at radius 3 is 2.40 bits per heavy atom. The number of ketones is 1. The van der Waals surface area contributed by atoms with Gasteiger partial charge in [0.25, 0.3) is 6.43 Å². The molecule has 0 heterocycles. The fourth-order valence-electron chi connectivity index (χ4n) is 1.38. The van der Waals surface area contributed by atoms with Gasteiger partial charge in [0.15, 0.2) is 5.78 Å². The average Bonchev–Trinajstić information content (AvgIpc) is 2.16. The second-order valence-corrected chi connectivity index (χ2v) is 3.27.